The van der Waals surface area contributed by atoms with Crippen molar-refractivity contribution in [2.75, 3.05) is 13.2 Å². The van der Waals surface area contributed by atoms with E-state index in [1.807, 2.05) is 0 Å². The fraction of sp³-hybridized carbons (Fsp3) is 0.942. The Labute approximate surface area is 469 Å². The van der Waals surface area contributed by atoms with Gasteiger partial charge in [-0.15, -0.1) is 0 Å². The molecule has 2 unspecified atom stereocenters. The smallest absolute Gasteiger partial charge is 0.305 e. The summed E-state index contributed by atoms with van der Waals surface area (Å²) in [5, 5.41) is 23.1. The first kappa shape index (κ1) is 73.6. The number of allylic oxidation sites excluding steroid dienone is 2. The Bertz CT molecular complexity index is 1130. The molecule has 0 aliphatic rings. The Hall–Kier alpha value is -1.40. The lowest BCUT2D eigenvalue weighted by molar-refractivity contribution is -0.143. The monoisotopic (exact) mass is 1060 g/mol. The zero-order chi connectivity index (χ0) is 54.3. The minimum Gasteiger partial charge on any atom is -0.466 e. The van der Waals surface area contributed by atoms with Crippen LogP contribution in [0.3, 0.4) is 0 Å². The van der Waals surface area contributed by atoms with E-state index in [1.54, 1.807) is 0 Å². The van der Waals surface area contributed by atoms with E-state index in [1.165, 1.54) is 321 Å². The van der Waals surface area contributed by atoms with Gasteiger partial charge in [-0.25, -0.2) is 0 Å². The van der Waals surface area contributed by atoms with Gasteiger partial charge in [0.15, 0.2) is 0 Å². The second kappa shape index (κ2) is 65.1. The number of aliphatic hydroxyl groups is 2. The third-order valence-electron chi connectivity index (χ3n) is 16.3. The molecule has 0 aliphatic carbocycles. The van der Waals surface area contributed by atoms with Gasteiger partial charge < -0.3 is 20.3 Å². The van der Waals surface area contributed by atoms with E-state index in [0.29, 0.717) is 25.9 Å². The van der Waals surface area contributed by atoms with Crippen LogP contribution in [0.1, 0.15) is 393 Å². The number of amides is 1. The molecule has 75 heavy (non-hydrogen) atoms. The third-order valence-corrected chi connectivity index (χ3v) is 16.3. The number of hydrogen-bond acceptors (Lipinski definition) is 5. The highest BCUT2D eigenvalue weighted by atomic mass is 16.5. The number of aliphatic hydroxyl groups excluding tert-OH is 2. The van der Waals surface area contributed by atoms with Gasteiger partial charge >= 0.3 is 5.97 Å². The summed E-state index contributed by atoms with van der Waals surface area (Å²) < 4.78 is 5.50. The molecule has 1 amide bonds. The van der Waals surface area contributed by atoms with E-state index in [9.17, 15) is 19.8 Å². The molecule has 0 radical (unpaired) electrons. The molecule has 0 aromatic carbocycles. The summed E-state index contributed by atoms with van der Waals surface area (Å²) in [5.74, 6) is -0.00948. The molecule has 0 aromatic rings. The molecule has 0 aliphatic heterocycles. The number of carbonyl (C=O) groups is 2. The molecule has 0 heterocycles. The van der Waals surface area contributed by atoms with Gasteiger partial charge in [0.05, 0.1) is 25.4 Å². The summed E-state index contributed by atoms with van der Waals surface area (Å²) in [6, 6.07) is -0.536. The van der Waals surface area contributed by atoms with E-state index >= 15 is 0 Å². The first-order valence-electron chi connectivity index (χ1n) is 34.4. The number of rotatable bonds is 65. The maximum Gasteiger partial charge on any atom is 0.305 e. The van der Waals surface area contributed by atoms with Crippen molar-refractivity contribution in [3.8, 4) is 0 Å². The first-order chi connectivity index (χ1) is 37.0. The topological polar surface area (TPSA) is 95.9 Å². The summed E-state index contributed by atoms with van der Waals surface area (Å²) in [4.78, 5) is 24.5. The molecule has 0 aromatic heterocycles. The first-order valence-corrected chi connectivity index (χ1v) is 34.4. The van der Waals surface area contributed by atoms with Crippen molar-refractivity contribution in [3.63, 3.8) is 0 Å². The zero-order valence-corrected chi connectivity index (χ0v) is 51.1. The molecular formula is C69H135NO5. The van der Waals surface area contributed by atoms with E-state index in [2.05, 4.69) is 31.3 Å². The number of nitrogens with one attached hydrogen (secondary N) is 1. The maximum atomic E-state index is 12.4. The van der Waals surface area contributed by atoms with Gasteiger partial charge in [-0.1, -0.05) is 341 Å². The molecule has 0 spiro atoms. The molecule has 0 bridgehead atoms. The molecule has 3 N–H and O–H groups in total. The van der Waals surface area contributed by atoms with Crippen LogP contribution in [0.2, 0.25) is 0 Å². The quantitative estimate of drug-likeness (QED) is 0.0320. The molecule has 0 saturated heterocycles. The highest BCUT2D eigenvalue weighted by molar-refractivity contribution is 5.76. The van der Waals surface area contributed by atoms with Crippen molar-refractivity contribution >= 4 is 11.9 Å². The zero-order valence-electron chi connectivity index (χ0n) is 51.1. The van der Waals surface area contributed by atoms with E-state index in [4.69, 9.17) is 4.74 Å². The number of hydrogen-bond donors (Lipinski definition) is 3. The molecule has 2 atom stereocenters. The average molecular weight is 1060 g/mol. The maximum absolute atomic E-state index is 12.4. The van der Waals surface area contributed by atoms with Crippen LogP contribution in [0.25, 0.3) is 0 Å². The lowest BCUT2D eigenvalue weighted by atomic mass is 10.0. The van der Waals surface area contributed by atoms with Crippen LogP contribution in [0.4, 0.5) is 0 Å². The Morgan fingerprint density at radius 1 is 0.360 bits per heavy atom. The second-order valence-corrected chi connectivity index (χ2v) is 23.9. The molecule has 6 heteroatoms. The third kappa shape index (κ3) is 61.7. The molecule has 0 saturated carbocycles. The van der Waals surface area contributed by atoms with Gasteiger partial charge in [0, 0.05) is 12.8 Å². The van der Waals surface area contributed by atoms with E-state index < -0.39 is 12.1 Å². The van der Waals surface area contributed by atoms with Gasteiger partial charge in [0.2, 0.25) is 5.91 Å². The van der Waals surface area contributed by atoms with Crippen LogP contribution >= 0.6 is 0 Å². The van der Waals surface area contributed by atoms with Gasteiger partial charge in [-0.3, -0.25) is 9.59 Å². The van der Waals surface area contributed by atoms with Crippen LogP contribution in [0.5, 0.6) is 0 Å². The SMILES string of the molecule is CCCCCCCCCCCCCCCCCCC(=O)OCCCCCCCCCCCCCC/C=C\CCCCCCCCCCCCCCCCCCCC(=O)NC(CO)C(O)CCCCCCCCCCC. The predicted octanol–water partition coefficient (Wildman–Crippen LogP) is 22.0. The Kier molecular flexibility index (Phi) is 63.9. The predicted molar refractivity (Wildman–Crippen MR) is 329 cm³/mol. The fourth-order valence-electron chi connectivity index (χ4n) is 11.1. The summed E-state index contributed by atoms with van der Waals surface area (Å²) >= 11 is 0. The number of unbranched alkanes of at least 4 members (excludes halogenated alkanes) is 52. The second-order valence-electron chi connectivity index (χ2n) is 23.9. The standard InChI is InChI=1S/C69H135NO5/c1-3-5-7-9-11-13-14-15-16-37-40-43-47-51-55-59-63-69(74)75-64-60-56-52-48-44-41-38-35-33-31-29-27-25-23-21-19-17-18-20-22-24-26-28-30-32-34-36-39-42-46-50-54-58-62-68(73)70-66(65-71)67(72)61-57-53-49-45-12-10-8-6-4-2/h21,23,66-67,71-72H,3-20,22,24-65H2,1-2H3,(H,70,73)/b23-21-. The summed E-state index contributed by atoms with van der Waals surface area (Å²) in [5.41, 5.74) is 0. The van der Waals surface area contributed by atoms with Gasteiger partial charge in [0.25, 0.3) is 0 Å². The molecule has 0 fully saturated rings. The minimum absolute atomic E-state index is 0.0229. The molecular weight excluding hydrogens is 923 g/mol. The lowest BCUT2D eigenvalue weighted by Gasteiger charge is -2.22. The van der Waals surface area contributed by atoms with Crippen LogP contribution < -0.4 is 5.32 Å². The summed E-state index contributed by atoms with van der Waals surface area (Å²) in [6.45, 7) is 4.97. The van der Waals surface area contributed by atoms with E-state index in [-0.39, 0.29) is 18.5 Å². The highest BCUT2D eigenvalue weighted by Crippen LogP contribution is 2.19. The Morgan fingerprint density at radius 3 is 0.947 bits per heavy atom. The van der Waals surface area contributed by atoms with Crippen molar-refractivity contribution in [2.24, 2.45) is 0 Å². The number of ether oxygens (including phenoxy) is 1. The van der Waals surface area contributed by atoms with Gasteiger partial charge in [0.1, 0.15) is 0 Å². The summed E-state index contributed by atoms with van der Waals surface area (Å²) in [6.07, 6.45) is 79.9. The van der Waals surface area contributed by atoms with Crippen molar-refractivity contribution in [1.82, 2.24) is 5.32 Å². The van der Waals surface area contributed by atoms with Crippen molar-refractivity contribution in [1.29, 1.82) is 0 Å². The largest absolute Gasteiger partial charge is 0.466 e. The lowest BCUT2D eigenvalue weighted by Crippen LogP contribution is -2.45. The van der Waals surface area contributed by atoms with Crippen molar-refractivity contribution in [3.05, 3.63) is 12.2 Å². The van der Waals surface area contributed by atoms with E-state index in [0.717, 1.165) is 38.5 Å². The van der Waals surface area contributed by atoms with Crippen LogP contribution in [0.15, 0.2) is 12.2 Å². The Morgan fingerprint density at radius 2 is 0.627 bits per heavy atom. The van der Waals surface area contributed by atoms with Crippen molar-refractivity contribution in [2.45, 2.75) is 405 Å². The normalized spacial score (nSPS) is 12.5. The number of carbonyl (C=O) groups excluding carboxylic acids is 2. The minimum atomic E-state index is -0.659. The van der Waals surface area contributed by atoms with Crippen LogP contribution in [0, 0.1) is 0 Å². The number of esters is 1. The van der Waals surface area contributed by atoms with Gasteiger partial charge in [-0.2, -0.15) is 0 Å². The average Bonchev–Trinajstić information content (AvgIpc) is 3.41. The summed E-state index contributed by atoms with van der Waals surface area (Å²) in [7, 11) is 0. The van der Waals surface area contributed by atoms with Crippen LogP contribution in [-0.2, 0) is 14.3 Å². The van der Waals surface area contributed by atoms with Gasteiger partial charge in [-0.05, 0) is 51.4 Å². The molecule has 446 valence electrons. The van der Waals surface area contributed by atoms with Crippen molar-refractivity contribution < 1.29 is 24.5 Å². The molecule has 0 rings (SSSR count). The van der Waals surface area contributed by atoms with Crippen LogP contribution in [-0.4, -0.2) is 47.4 Å². The molecule has 6 nitrogen and oxygen atoms in total. The highest BCUT2D eigenvalue weighted by Gasteiger charge is 2.20. The fourth-order valence-corrected chi connectivity index (χ4v) is 11.1. The Balaban J connectivity index is 3.30.